The van der Waals surface area contributed by atoms with E-state index in [1.807, 2.05) is 30.3 Å². The van der Waals surface area contributed by atoms with Crippen LogP contribution >= 0.6 is 11.8 Å². The Labute approximate surface area is 161 Å². The molecule has 142 valence electrons. The minimum Gasteiger partial charge on any atom is -0.449 e. The van der Waals surface area contributed by atoms with E-state index in [4.69, 9.17) is 4.74 Å². The molecule has 1 atom stereocenters. The number of benzene rings is 2. The average Bonchev–Trinajstić information content (AvgIpc) is 2.67. The quantitative estimate of drug-likeness (QED) is 0.312. The number of thioether (sulfide) groups is 1. The van der Waals surface area contributed by atoms with E-state index in [0.29, 0.717) is 11.4 Å². The second kappa shape index (κ2) is 9.18. The lowest BCUT2D eigenvalue weighted by atomic mass is 10.2. The molecule has 0 aliphatic heterocycles. The van der Waals surface area contributed by atoms with Gasteiger partial charge in [0, 0.05) is 19.7 Å². The van der Waals surface area contributed by atoms with Crippen molar-refractivity contribution in [2.75, 3.05) is 13.3 Å². The van der Waals surface area contributed by atoms with Crippen LogP contribution in [0, 0.1) is 10.1 Å². The van der Waals surface area contributed by atoms with Crippen LogP contribution in [-0.4, -0.2) is 41.1 Å². The van der Waals surface area contributed by atoms with Crippen molar-refractivity contribution in [3.05, 3.63) is 69.8 Å². The number of likely N-dealkylation sites (N-methyl/N-ethyl adjacent to an activating group) is 1. The van der Waals surface area contributed by atoms with Gasteiger partial charge in [-0.1, -0.05) is 30.3 Å². The zero-order chi connectivity index (χ0) is 20.0. The van der Waals surface area contributed by atoms with Gasteiger partial charge in [0.05, 0.1) is 15.4 Å². The summed E-state index contributed by atoms with van der Waals surface area (Å²) in [6, 6.07) is 13.5. The third-order valence-corrected chi connectivity index (χ3v) is 4.67. The Morgan fingerprint density at radius 3 is 2.48 bits per heavy atom. The van der Waals surface area contributed by atoms with Gasteiger partial charge in [-0.25, -0.2) is 4.79 Å². The third-order valence-electron chi connectivity index (χ3n) is 3.88. The molecule has 1 amide bonds. The fraction of sp³-hybridized carbons (Fsp3) is 0.263. The number of esters is 1. The summed E-state index contributed by atoms with van der Waals surface area (Å²) < 4.78 is 5.21. The van der Waals surface area contributed by atoms with E-state index < -0.39 is 17.0 Å². The number of carbonyl (C=O) groups excluding carboxylic acids is 2. The van der Waals surface area contributed by atoms with Gasteiger partial charge in [0.1, 0.15) is 0 Å². The first kappa shape index (κ1) is 20.4. The highest BCUT2D eigenvalue weighted by Gasteiger charge is 2.24. The third kappa shape index (κ3) is 5.30. The van der Waals surface area contributed by atoms with Crippen LogP contribution in [0.15, 0.2) is 53.4 Å². The Hall–Kier alpha value is -2.87. The van der Waals surface area contributed by atoms with E-state index in [9.17, 15) is 19.7 Å². The van der Waals surface area contributed by atoms with Gasteiger partial charge in [0.2, 0.25) is 0 Å². The number of nitro benzene ring substituents is 1. The molecule has 0 aromatic heterocycles. The maximum absolute atomic E-state index is 12.4. The molecule has 0 saturated heterocycles. The minimum atomic E-state index is -1.01. The lowest BCUT2D eigenvalue weighted by Crippen LogP contribution is -2.37. The van der Waals surface area contributed by atoms with E-state index in [-0.39, 0.29) is 17.2 Å². The number of hydrogen-bond donors (Lipinski definition) is 0. The zero-order valence-corrected chi connectivity index (χ0v) is 16.1. The van der Waals surface area contributed by atoms with Gasteiger partial charge in [-0.2, -0.15) is 0 Å². The van der Waals surface area contributed by atoms with Crippen molar-refractivity contribution in [3.8, 4) is 0 Å². The molecule has 2 aromatic carbocycles. The molecule has 2 rings (SSSR count). The molecule has 0 spiro atoms. The maximum Gasteiger partial charge on any atom is 0.339 e. The Bertz CT molecular complexity index is 841. The van der Waals surface area contributed by atoms with Gasteiger partial charge < -0.3 is 9.64 Å². The average molecular weight is 388 g/mol. The van der Waals surface area contributed by atoms with E-state index in [0.717, 1.165) is 5.56 Å². The Morgan fingerprint density at radius 2 is 1.89 bits per heavy atom. The van der Waals surface area contributed by atoms with Crippen molar-refractivity contribution in [1.29, 1.82) is 0 Å². The molecule has 7 nitrogen and oxygen atoms in total. The maximum atomic E-state index is 12.4. The molecule has 0 N–H and O–H groups in total. The highest BCUT2D eigenvalue weighted by molar-refractivity contribution is 7.98. The van der Waals surface area contributed by atoms with Gasteiger partial charge >= 0.3 is 5.97 Å². The molecule has 27 heavy (non-hydrogen) atoms. The zero-order valence-electron chi connectivity index (χ0n) is 15.2. The van der Waals surface area contributed by atoms with Gasteiger partial charge in [-0.05, 0) is 30.9 Å². The van der Waals surface area contributed by atoms with Gasteiger partial charge in [0.25, 0.3) is 11.6 Å². The number of nitrogens with zero attached hydrogens (tertiary/aromatic N) is 2. The summed E-state index contributed by atoms with van der Waals surface area (Å²) >= 11 is 1.21. The summed E-state index contributed by atoms with van der Waals surface area (Å²) in [6.45, 7) is 1.86. The van der Waals surface area contributed by atoms with Crippen molar-refractivity contribution < 1.29 is 19.2 Å². The molecule has 0 fully saturated rings. The lowest BCUT2D eigenvalue weighted by molar-refractivity contribution is -0.387. The number of amides is 1. The van der Waals surface area contributed by atoms with Crippen LogP contribution in [0.3, 0.4) is 0 Å². The molecule has 0 saturated carbocycles. The molecule has 0 unspecified atom stereocenters. The normalized spacial score (nSPS) is 11.5. The topological polar surface area (TPSA) is 89.8 Å². The first-order chi connectivity index (χ1) is 12.8. The number of rotatable bonds is 7. The summed E-state index contributed by atoms with van der Waals surface area (Å²) in [5, 5.41) is 11.1. The second-order valence-electron chi connectivity index (χ2n) is 5.87. The summed E-state index contributed by atoms with van der Waals surface area (Å²) in [5.74, 6) is -1.14. The van der Waals surface area contributed by atoms with E-state index >= 15 is 0 Å². The molecule has 0 heterocycles. The molecule has 0 aliphatic carbocycles. The highest BCUT2D eigenvalue weighted by atomic mass is 32.2. The second-order valence-corrected chi connectivity index (χ2v) is 6.72. The van der Waals surface area contributed by atoms with Crippen LogP contribution in [0.4, 0.5) is 5.69 Å². The van der Waals surface area contributed by atoms with Crippen LogP contribution < -0.4 is 0 Å². The molecule has 2 aromatic rings. The van der Waals surface area contributed by atoms with Crippen LogP contribution in [0.5, 0.6) is 0 Å². The number of nitro groups is 1. The van der Waals surface area contributed by atoms with Crippen LogP contribution in [0.25, 0.3) is 0 Å². The molecule has 0 radical (unpaired) electrons. The van der Waals surface area contributed by atoms with Crippen LogP contribution in [0.1, 0.15) is 22.8 Å². The number of carbonyl (C=O) groups is 2. The van der Waals surface area contributed by atoms with Crippen molar-refractivity contribution in [2.45, 2.75) is 24.5 Å². The largest absolute Gasteiger partial charge is 0.449 e. The summed E-state index contributed by atoms with van der Waals surface area (Å²) in [6.07, 6.45) is 0.703. The monoisotopic (exact) mass is 388 g/mol. The highest BCUT2D eigenvalue weighted by Crippen LogP contribution is 2.28. The standard InChI is InChI=1S/C19H20N2O5S/c1-13(18(22)20(2)12-14-7-5-4-6-8-14)26-19(23)15-9-10-17(27-3)16(11-15)21(24)25/h4-11,13H,12H2,1-3H3/t13-/m0/s1. The first-order valence-corrected chi connectivity index (χ1v) is 9.38. The predicted octanol–water partition coefficient (Wildman–Crippen LogP) is 3.52. The van der Waals surface area contributed by atoms with Crippen molar-refractivity contribution in [1.82, 2.24) is 4.90 Å². The van der Waals surface area contributed by atoms with Gasteiger partial charge in [0.15, 0.2) is 6.10 Å². The Kier molecular flexibility index (Phi) is 6.95. The first-order valence-electron chi connectivity index (χ1n) is 8.15. The smallest absolute Gasteiger partial charge is 0.339 e. The van der Waals surface area contributed by atoms with Crippen molar-refractivity contribution in [3.63, 3.8) is 0 Å². The van der Waals surface area contributed by atoms with Crippen molar-refractivity contribution in [2.24, 2.45) is 0 Å². The van der Waals surface area contributed by atoms with Crippen LogP contribution in [-0.2, 0) is 16.1 Å². The molecular weight excluding hydrogens is 368 g/mol. The fourth-order valence-corrected chi connectivity index (χ4v) is 3.03. The fourth-order valence-electron chi connectivity index (χ4n) is 2.48. The Morgan fingerprint density at radius 1 is 1.22 bits per heavy atom. The van der Waals surface area contributed by atoms with Gasteiger partial charge in [-0.3, -0.25) is 14.9 Å². The van der Waals surface area contributed by atoms with E-state index in [2.05, 4.69) is 0 Å². The van der Waals surface area contributed by atoms with E-state index in [1.54, 1.807) is 13.3 Å². The summed E-state index contributed by atoms with van der Waals surface area (Å²) in [5.41, 5.74) is 0.817. The molecular formula is C19H20N2O5S. The molecule has 8 heteroatoms. The molecule has 0 bridgehead atoms. The minimum absolute atomic E-state index is 0.0323. The van der Waals surface area contributed by atoms with E-state index in [1.165, 1.54) is 41.8 Å². The predicted molar refractivity (Wildman–Crippen MR) is 103 cm³/mol. The SMILES string of the molecule is CSc1ccc(C(=O)O[C@@H](C)C(=O)N(C)Cc2ccccc2)cc1[N+](=O)[O-]. The lowest BCUT2D eigenvalue weighted by Gasteiger charge is -2.21. The molecule has 0 aliphatic rings. The van der Waals surface area contributed by atoms with Crippen LogP contribution in [0.2, 0.25) is 0 Å². The van der Waals surface area contributed by atoms with Crippen molar-refractivity contribution >= 4 is 29.3 Å². The summed E-state index contributed by atoms with van der Waals surface area (Å²) in [7, 11) is 1.62. The Balaban J connectivity index is 2.05. The number of hydrogen-bond acceptors (Lipinski definition) is 6. The van der Waals surface area contributed by atoms with Gasteiger partial charge in [-0.15, -0.1) is 11.8 Å². The summed E-state index contributed by atoms with van der Waals surface area (Å²) in [4.78, 5) is 37.2. The number of ether oxygens (including phenoxy) is 1.